The highest BCUT2D eigenvalue weighted by molar-refractivity contribution is 7.45. The van der Waals surface area contributed by atoms with Crippen LogP contribution < -0.4 is 4.89 Å². The average Bonchev–Trinajstić information content (AvgIpc) is 3.22. The molecule has 0 amide bonds. The standard InChI is InChI=1S/C52H100NO7P/c1-6-8-10-12-14-16-18-20-22-23-24-25-26-27-28-29-30-32-34-36-38-40-42-44-47-57-49-51(50-59-61(55,56)58-48-46-53(3,4)5)60-52(54)45-43-41-39-37-35-33-31-21-19-17-15-13-11-9-7-2/h18,20-21,23-24,31,51H,6-17,19,22,25-30,32-50H2,1-5H3/b20-18-,24-23-,31-21-. The summed E-state index contributed by atoms with van der Waals surface area (Å²) in [6, 6.07) is 0. The number of esters is 1. The van der Waals surface area contributed by atoms with Crippen LogP contribution in [0.15, 0.2) is 36.5 Å². The van der Waals surface area contributed by atoms with Crippen LogP contribution in [-0.4, -0.2) is 70.7 Å². The molecule has 360 valence electrons. The molecular formula is C52H100NO7P. The third-order valence-electron chi connectivity index (χ3n) is 11.2. The van der Waals surface area contributed by atoms with Crippen LogP contribution in [0.3, 0.4) is 0 Å². The molecular weight excluding hydrogens is 782 g/mol. The molecule has 0 aromatic carbocycles. The highest BCUT2D eigenvalue weighted by Gasteiger charge is 2.20. The Morgan fingerprint density at radius 2 is 0.902 bits per heavy atom. The quantitative estimate of drug-likeness (QED) is 0.0197. The van der Waals surface area contributed by atoms with E-state index >= 15 is 0 Å². The van der Waals surface area contributed by atoms with Crippen LogP contribution in [0.4, 0.5) is 0 Å². The van der Waals surface area contributed by atoms with Crippen molar-refractivity contribution in [2.45, 2.75) is 238 Å². The van der Waals surface area contributed by atoms with Crippen LogP contribution in [0.5, 0.6) is 0 Å². The molecule has 0 heterocycles. The van der Waals surface area contributed by atoms with Crippen molar-refractivity contribution in [3.05, 3.63) is 36.5 Å². The van der Waals surface area contributed by atoms with Crippen molar-refractivity contribution in [2.24, 2.45) is 0 Å². The van der Waals surface area contributed by atoms with E-state index in [0.29, 0.717) is 24.1 Å². The molecule has 0 radical (unpaired) electrons. The Kier molecular flexibility index (Phi) is 44.3. The molecule has 0 saturated heterocycles. The van der Waals surface area contributed by atoms with E-state index < -0.39 is 13.9 Å². The Morgan fingerprint density at radius 3 is 1.34 bits per heavy atom. The average molecular weight is 882 g/mol. The molecule has 9 heteroatoms. The first kappa shape index (κ1) is 59.7. The number of unbranched alkanes of at least 4 members (excludes halogenated alkanes) is 28. The van der Waals surface area contributed by atoms with E-state index in [1.807, 2.05) is 21.1 Å². The van der Waals surface area contributed by atoms with E-state index in [-0.39, 0.29) is 25.8 Å². The second-order valence-electron chi connectivity index (χ2n) is 18.5. The van der Waals surface area contributed by atoms with Gasteiger partial charge in [-0.3, -0.25) is 9.36 Å². The van der Waals surface area contributed by atoms with Gasteiger partial charge < -0.3 is 27.9 Å². The van der Waals surface area contributed by atoms with Crippen LogP contribution in [0.25, 0.3) is 0 Å². The van der Waals surface area contributed by atoms with Gasteiger partial charge in [0.1, 0.15) is 19.3 Å². The van der Waals surface area contributed by atoms with Gasteiger partial charge in [0.25, 0.3) is 7.82 Å². The molecule has 0 spiro atoms. The Hall–Kier alpha value is -1.28. The predicted molar refractivity (Wildman–Crippen MR) is 259 cm³/mol. The molecule has 0 saturated carbocycles. The summed E-state index contributed by atoms with van der Waals surface area (Å²) in [5, 5.41) is 0. The molecule has 0 aliphatic heterocycles. The minimum absolute atomic E-state index is 0.0248. The molecule has 8 nitrogen and oxygen atoms in total. The number of phosphoric ester groups is 1. The van der Waals surface area contributed by atoms with Gasteiger partial charge >= 0.3 is 5.97 Å². The van der Waals surface area contributed by atoms with Crippen LogP contribution in [0.2, 0.25) is 0 Å². The molecule has 0 aliphatic carbocycles. The Balaban J connectivity index is 4.10. The van der Waals surface area contributed by atoms with Gasteiger partial charge in [-0.15, -0.1) is 0 Å². The number of hydrogen-bond donors (Lipinski definition) is 0. The monoisotopic (exact) mass is 882 g/mol. The number of carbonyl (C=O) groups is 1. The summed E-state index contributed by atoms with van der Waals surface area (Å²) in [5.74, 6) is -0.341. The highest BCUT2D eigenvalue weighted by Crippen LogP contribution is 2.38. The Morgan fingerprint density at radius 1 is 0.508 bits per heavy atom. The van der Waals surface area contributed by atoms with Crippen molar-refractivity contribution in [3.63, 3.8) is 0 Å². The summed E-state index contributed by atoms with van der Waals surface area (Å²) in [5.41, 5.74) is 0. The summed E-state index contributed by atoms with van der Waals surface area (Å²) in [4.78, 5) is 25.1. The van der Waals surface area contributed by atoms with Gasteiger partial charge in [0.2, 0.25) is 0 Å². The van der Waals surface area contributed by atoms with Crippen molar-refractivity contribution >= 4 is 13.8 Å². The second-order valence-corrected chi connectivity index (χ2v) is 19.9. The zero-order chi connectivity index (χ0) is 44.8. The number of nitrogens with zero attached hydrogens (tertiary/aromatic N) is 1. The van der Waals surface area contributed by atoms with Crippen LogP contribution in [0.1, 0.15) is 232 Å². The van der Waals surface area contributed by atoms with Crippen molar-refractivity contribution in [2.75, 3.05) is 54.1 Å². The van der Waals surface area contributed by atoms with Crippen molar-refractivity contribution in [3.8, 4) is 0 Å². The molecule has 0 aromatic rings. The van der Waals surface area contributed by atoms with E-state index in [0.717, 1.165) is 51.4 Å². The highest BCUT2D eigenvalue weighted by atomic mass is 31.2. The summed E-state index contributed by atoms with van der Waals surface area (Å²) < 4.78 is 34.7. The van der Waals surface area contributed by atoms with Gasteiger partial charge in [0.05, 0.1) is 34.4 Å². The number of rotatable bonds is 48. The largest absolute Gasteiger partial charge is 0.756 e. The summed E-state index contributed by atoms with van der Waals surface area (Å²) >= 11 is 0. The Labute approximate surface area is 378 Å². The normalized spacial score (nSPS) is 13.9. The van der Waals surface area contributed by atoms with Crippen molar-refractivity contribution in [1.29, 1.82) is 0 Å². The molecule has 0 bridgehead atoms. The predicted octanol–water partition coefficient (Wildman–Crippen LogP) is 15.1. The smallest absolute Gasteiger partial charge is 0.306 e. The van der Waals surface area contributed by atoms with Gasteiger partial charge in [-0.25, -0.2) is 0 Å². The number of ether oxygens (including phenoxy) is 2. The fourth-order valence-corrected chi connectivity index (χ4v) is 7.89. The second kappa shape index (κ2) is 45.3. The third kappa shape index (κ3) is 49.6. The molecule has 2 unspecified atom stereocenters. The van der Waals surface area contributed by atoms with Crippen molar-refractivity contribution < 1.29 is 37.3 Å². The minimum Gasteiger partial charge on any atom is -0.756 e. The number of likely N-dealkylation sites (N-methyl/N-ethyl adjacent to an activating group) is 1. The molecule has 0 N–H and O–H groups in total. The van der Waals surface area contributed by atoms with E-state index in [1.54, 1.807) is 0 Å². The van der Waals surface area contributed by atoms with Gasteiger partial charge in [0.15, 0.2) is 0 Å². The lowest BCUT2D eigenvalue weighted by molar-refractivity contribution is -0.870. The zero-order valence-electron chi connectivity index (χ0n) is 40.9. The fourth-order valence-electron chi connectivity index (χ4n) is 7.16. The SMILES string of the molecule is CCCCCCC/C=C\C/C=C\CCCCCCCCCCCCCCOCC(COP(=O)([O-])OCC[N+](C)(C)C)OC(=O)CCCCCCC/C=C\CCCCCCCC. The third-order valence-corrected chi connectivity index (χ3v) is 12.1. The number of hydrogen-bond acceptors (Lipinski definition) is 7. The first-order chi connectivity index (χ1) is 29.6. The number of quaternary nitrogens is 1. The van der Waals surface area contributed by atoms with E-state index in [1.165, 1.54) is 161 Å². The summed E-state index contributed by atoms with van der Waals surface area (Å²) in [6.07, 6.45) is 54.5. The lowest BCUT2D eigenvalue weighted by Gasteiger charge is -2.28. The lowest BCUT2D eigenvalue weighted by Crippen LogP contribution is -2.37. The summed E-state index contributed by atoms with van der Waals surface area (Å²) in [7, 11) is 1.36. The maximum atomic E-state index is 12.7. The first-order valence-electron chi connectivity index (χ1n) is 25.7. The molecule has 2 atom stereocenters. The van der Waals surface area contributed by atoms with E-state index in [2.05, 4.69) is 50.3 Å². The maximum absolute atomic E-state index is 12.7. The minimum atomic E-state index is -4.53. The number of carbonyl (C=O) groups excluding carboxylic acids is 1. The molecule has 0 aliphatic rings. The van der Waals surface area contributed by atoms with Gasteiger partial charge in [-0.05, 0) is 70.6 Å². The van der Waals surface area contributed by atoms with Gasteiger partial charge in [0, 0.05) is 13.0 Å². The molecule has 0 rings (SSSR count). The van der Waals surface area contributed by atoms with Gasteiger partial charge in [-0.2, -0.15) is 0 Å². The number of phosphoric acid groups is 1. The zero-order valence-corrected chi connectivity index (χ0v) is 41.8. The molecule has 0 aromatic heterocycles. The molecule has 0 fully saturated rings. The topological polar surface area (TPSA) is 94.1 Å². The van der Waals surface area contributed by atoms with Gasteiger partial charge in [-0.1, -0.05) is 192 Å². The van der Waals surface area contributed by atoms with E-state index in [4.69, 9.17) is 18.5 Å². The maximum Gasteiger partial charge on any atom is 0.306 e. The fraction of sp³-hybridized carbons (Fsp3) is 0.865. The number of allylic oxidation sites excluding steroid dienone is 6. The Bertz CT molecular complexity index is 1070. The lowest BCUT2D eigenvalue weighted by atomic mass is 10.0. The summed E-state index contributed by atoms with van der Waals surface area (Å²) in [6.45, 7) is 5.41. The van der Waals surface area contributed by atoms with E-state index in [9.17, 15) is 14.3 Å². The van der Waals surface area contributed by atoms with Crippen LogP contribution >= 0.6 is 7.82 Å². The first-order valence-corrected chi connectivity index (χ1v) is 27.2. The molecule has 61 heavy (non-hydrogen) atoms. The van der Waals surface area contributed by atoms with Crippen LogP contribution in [-0.2, 0) is 27.9 Å². The van der Waals surface area contributed by atoms with Crippen molar-refractivity contribution in [1.82, 2.24) is 0 Å². The van der Waals surface area contributed by atoms with Crippen LogP contribution in [0, 0.1) is 0 Å².